The number of nitrogens with one attached hydrogen (secondary N) is 1. The Balaban J connectivity index is 0.00000264. The molecule has 1 aliphatic rings. The summed E-state index contributed by atoms with van der Waals surface area (Å²) in [5.74, 6) is 1.24. The standard InChI is InChI=1S/C15H23BrN2O3S.ClH/c1-17-8-5-12-6-9-18(10-7-12)22(19,20)13-3-4-15(21-2)14(16)11-13;/h3-4,11-12,17H,5-10H2,1-2H3;1H. The molecule has 23 heavy (non-hydrogen) atoms. The van der Waals surface area contributed by atoms with Crippen molar-refractivity contribution in [2.24, 2.45) is 5.92 Å². The van der Waals surface area contributed by atoms with Gasteiger partial charge in [-0.25, -0.2) is 8.42 Å². The zero-order valence-corrected chi connectivity index (χ0v) is 16.6. The Morgan fingerprint density at radius 2 is 2.00 bits per heavy atom. The lowest BCUT2D eigenvalue weighted by atomic mass is 9.95. The van der Waals surface area contributed by atoms with Crippen LogP contribution in [-0.2, 0) is 10.0 Å². The second kappa shape index (κ2) is 9.22. The molecule has 0 amide bonds. The summed E-state index contributed by atoms with van der Waals surface area (Å²) in [6, 6.07) is 4.89. The SMILES string of the molecule is CNCCC1CCN(S(=O)(=O)c2ccc(OC)c(Br)c2)CC1.Cl. The molecular weight excluding hydrogens is 404 g/mol. The van der Waals surface area contributed by atoms with Crippen LogP contribution in [0.4, 0.5) is 0 Å². The summed E-state index contributed by atoms with van der Waals surface area (Å²) >= 11 is 3.35. The van der Waals surface area contributed by atoms with Crippen molar-refractivity contribution in [3.8, 4) is 5.75 Å². The van der Waals surface area contributed by atoms with Crippen LogP contribution >= 0.6 is 28.3 Å². The van der Waals surface area contributed by atoms with Crippen LogP contribution < -0.4 is 10.1 Å². The van der Waals surface area contributed by atoms with Crippen molar-refractivity contribution in [3.05, 3.63) is 22.7 Å². The Morgan fingerprint density at radius 3 is 2.52 bits per heavy atom. The number of rotatable bonds is 6. The summed E-state index contributed by atoms with van der Waals surface area (Å²) in [6.07, 6.45) is 2.97. The van der Waals surface area contributed by atoms with Crippen molar-refractivity contribution in [2.75, 3.05) is 33.8 Å². The van der Waals surface area contributed by atoms with Crippen LogP contribution in [0.2, 0.25) is 0 Å². The fraction of sp³-hybridized carbons (Fsp3) is 0.600. The van der Waals surface area contributed by atoms with Gasteiger partial charge in [0.2, 0.25) is 10.0 Å². The highest BCUT2D eigenvalue weighted by Crippen LogP contribution is 2.30. The van der Waals surface area contributed by atoms with E-state index >= 15 is 0 Å². The molecule has 0 unspecified atom stereocenters. The van der Waals surface area contributed by atoms with E-state index in [9.17, 15) is 8.42 Å². The van der Waals surface area contributed by atoms with E-state index in [1.165, 1.54) is 0 Å². The van der Waals surface area contributed by atoms with E-state index in [-0.39, 0.29) is 12.4 Å². The van der Waals surface area contributed by atoms with Crippen LogP contribution in [0.5, 0.6) is 5.75 Å². The number of hydrogen-bond donors (Lipinski definition) is 1. The van der Waals surface area contributed by atoms with Gasteiger partial charge in [0.25, 0.3) is 0 Å². The lowest BCUT2D eigenvalue weighted by molar-refractivity contribution is 0.263. The van der Waals surface area contributed by atoms with E-state index in [4.69, 9.17) is 4.74 Å². The molecule has 1 aliphatic heterocycles. The molecular formula is C15H24BrClN2O3S. The minimum atomic E-state index is -3.42. The van der Waals surface area contributed by atoms with Gasteiger partial charge in [0.1, 0.15) is 5.75 Å². The third-order valence-electron chi connectivity index (χ3n) is 4.14. The Hall–Kier alpha value is -0.340. The number of sulfonamides is 1. The third-order valence-corrected chi connectivity index (χ3v) is 6.65. The van der Waals surface area contributed by atoms with Crippen molar-refractivity contribution in [1.82, 2.24) is 9.62 Å². The van der Waals surface area contributed by atoms with Crippen LogP contribution in [0.1, 0.15) is 19.3 Å². The molecule has 1 N–H and O–H groups in total. The number of nitrogens with zero attached hydrogens (tertiary/aromatic N) is 1. The number of hydrogen-bond acceptors (Lipinski definition) is 4. The third kappa shape index (κ3) is 5.06. The Kier molecular flexibility index (Phi) is 8.30. The van der Waals surface area contributed by atoms with Crippen LogP contribution in [-0.4, -0.2) is 46.5 Å². The second-order valence-corrected chi connectivity index (χ2v) is 8.33. The lowest BCUT2D eigenvalue weighted by Gasteiger charge is -2.31. The van der Waals surface area contributed by atoms with Crippen molar-refractivity contribution in [3.63, 3.8) is 0 Å². The van der Waals surface area contributed by atoms with Gasteiger partial charge in [-0.2, -0.15) is 4.31 Å². The minimum Gasteiger partial charge on any atom is -0.496 e. The first-order valence-corrected chi connectivity index (χ1v) is 9.70. The summed E-state index contributed by atoms with van der Waals surface area (Å²) in [5, 5.41) is 3.15. The van der Waals surface area contributed by atoms with E-state index in [0.717, 1.165) is 25.8 Å². The molecule has 0 aromatic heterocycles. The summed E-state index contributed by atoms with van der Waals surface area (Å²) in [6.45, 7) is 2.18. The van der Waals surface area contributed by atoms with Gasteiger partial charge in [-0.1, -0.05) is 0 Å². The van der Waals surface area contributed by atoms with Crippen LogP contribution in [0.3, 0.4) is 0 Å². The molecule has 1 aromatic carbocycles. The maximum Gasteiger partial charge on any atom is 0.243 e. The molecule has 1 heterocycles. The molecule has 0 atom stereocenters. The zero-order valence-electron chi connectivity index (χ0n) is 13.4. The lowest BCUT2D eigenvalue weighted by Crippen LogP contribution is -2.38. The molecule has 132 valence electrons. The van der Waals surface area contributed by atoms with Gasteiger partial charge in [-0.3, -0.25) is 0 Å². The number of benzene rings is 1. The van der Waals surface area contributed by atoms with Gasteiger partial charge >= 0.3 is 0 Å². The number of methoxy groups -OCH3 is 1. The van der Waals surface area contributed by atoms with E-state index in [1.807, 2.05) is 7.05 Å². The van der Waals surface area contributed by atoms with E-state index in [0.29, 0.717) is 34.1 Å². The average molecular weight is 428 g/mol. The number of ether oxygens (including phenoxy) is 1. The quantitative estimate of drug-likeness (QED) is 0.758. The highest BCUT2D eigenvalue weighted by atomic mass is 79.9. The highest BCUT2D eigenvalue weighted by molar-refractivity contribution is 9.10. The van der Waals surface area contributed by atoms with Crippen molar-refractivity contribution >= 4 is 38.4 Å². The fourth-order valence-electron chi connectivity index (χ4n) is 2.74. The largest absolute Gasteiger partial charge is 0.496 e. The van der Waals surface area contributed by atoms with Gasteiger partial charge in [0.05, 0.1) is 16.5 Å². The average Bonchev–Trinajstić information content (AvgIpc) is 2.53. The van der Waals surface area contributed by atoms with Gasteiger partial charge in [-0.15, -0.1) is 12.4 Å². The van der Waals surface area contributed by atoms with Crippen LogP contribution in [0, 0.1) is 5.92 Å². The Morgan fingerprint density at radius 1 is 1.35 bits per heavy atom. The first-order valence-electron chi connectivity index (χ1n) is 7.47. The normalized spacial score (nSPS) is 16.8. The molecule has 8 heteroatoms. The molecule has 1 aromatic rings. The van der Waals surface area contributed by atoms with Crippen LogP contribution in [0.15, 0.2) is 27.6 Å². The van der Waals surface area contributed by atoms with Gasteiger partial charge in [0, 0.05) is 13.1 Å². The zero-order chi connectivity index (χ0) is 16.2. The maximum absolute atomic E-state index is 12.7. The highest BCUT2D eigenvalue weighted by Gasteiger charge is 2.29. The second-order valence-electron chi connectivity index (χ2n) is 5.54. The molecule has 1 saturated heterocycles. The Bertz CT molecular complexity index is 605. The summed E-state index contributed by atoms with van der Waals surface area (Å²) in [5.41, 5.74) is 0. The van der Waals surface area contributed by atoms with E-state index < -0.39 is 10.0 Å². The first-order chi connectivity index (χ1) is 10.5. The monoisotopic (exact) mass is 426 g/mol. The number of halogens is 2. The summed E-state index contributed by atoms with van der Waals surface area (Å²) < 4.78 is 32.8. The minimum absolute atomic E-state index is 0. The van der Waals surface area contributed by atoms with E-state index in [2.05, 4.69) is 21.2 Å². The summed E-state index contributed by atoms with van der Waals surface area (Å²) in [7, 11) is 0.0840. The van der Waals surface area contributed by atoms with Crippen LogP contribution in [0.25, 0.3) is 0 Å². The molecule has 5 nitrogen and oxygen atoms in total. The smallest absolute Gasteiger partial charge is 0.243 e. The fourth-order valence-corrected chi connectivity index (χ4v) is 4.93. The molecule has 0 spiro atoms. The van der Waals surface area contributed by atoms with E-state index in [1.54, 1.807) is 29.6 Å². The number of piperidine rings is 1. The predicted octanol–water partition coefficient (Wildman–Crippen LogP) is 2.89. The van der Waals surface area contributed by atoms with Gasteiger partial charge < -0.3 is 10.1 Å². The predicted molar refractivity (Wildman–Crippen MR) is 98.0 cm³/mol. The van der Waals surface area contributed by atoms with Gasteiger partial charge in [0.15, 0.2) is 0 Å². The topological polar surface area (TPSA) is 58.6 Å². The maximum atomic E-state index is 12.7. The first kappa shape index (κ1) is 20.7. The molecule has 0 saturated carbocycles. The summed E-state index contributed by atoms with van der Waals surface area (Å²) in [4.78, 5) is 0.314. The molecule has 0 aliphatic carbocycles. The van der Waals surface area contributed by atoms with Crippen molar-refractivity contribution < 1.29 is 13.2 Å². The molecule has 2 rings (SSSR count). The molecule has 1 fully saturated rings. The Labute approximate surface area is 153 Å². The van der Waals surface area contributed by atoms with Crippen molar-refractivity contribution in [1.29, 1.82) is 0 Å². The van der Waals surface area contributed by atoms with Gasteiger partial charge in [-0.05, 0) is 72.9 Å². The molecule has 0 radical (unpaired) electrons. The van der Waals surface area contributed by atoms with Crippen molar-refractivity contribution in [2.45, 2.75) is 24.2 Å². The molecule has 0 bridgehead atoms.